The normalized spacial score (nSPS) is 15.9. The number of rotatable bonds is 6. The van der Waals surface area contributed by atoms with E-state index in [2.05, 4.69) is 23.9 Å². The highest BCUT2D eigenvalue weighted by molar-refractivity contribution is 5.36. The van der Waals surface area contributed by atoms with Crippen LogP contribution in [0.2, 0.25) is 0 Å². The van der Waals surface area contributed by atoms with Gasteiger partial charge in [0.05, 0.1) is 7.11 Å². The lowest BCUT2D eigenvalue weighted by Crippen LogP contribution is -2.21. The molecule has 0 spiro atoms. The zero-order valence-corrected chi connectivity index (χ0v) is 12.4. The predicted octanol–water partition coefficient (Wildman–Crippen LogP) is 3.08. The van der Waals surface area contributed by atoms with Gasteiger partial charge in [0, 0.05) is 6.04 Å². The zero-order valence-electron chi connectivity index (χ0n) is 12.4. The Balaban J connectivity index is -0.000000307. The van der Waals surface area contributed by atoms with E-state index in [1.807, 2.05) is 0 Å². The molecule has 0 aromatic carbocycles. The van der Waals surface area contributed by atoms with Gasteiger partial charge < -0.3 is 15.2 Å². The van der Waals surface area contributed by atoms with Crippen LogP contribution in [0, 0.1) is 5.92 Å². The molecule has 1 saturated heterocycles. The summed E-state index contributed by atoms with van der Waals surface area (Å²) in [5, 5.41) is 10.4. The molecule has 0 radical (unpaired) electrons. The summed E-state index contributed by atoms with van der Waals surface area (Å²) in [6, 6.07) is 0.852. The molecule has 1 rings (SSSR count). The summed E-state index contributed by atoms with van der Waals surface area (Å²) in [5.41, 5.74) is 0. The van der Waals surface area contributed by atoms with Crippen LogP contribution in [0.25, 0.3) is 0 Å². The van der Waals surface area contributed by atoms with Gasteiger partial charge in [-0.15, -0.1) is 0 Å². The van der Waals surface area contributed by atoms with Crippen LogP contribution in [0.5, 0.6) is 0 Å². The fourth-order valence-electron chi connectivity index (χ4n) is 2.14. The van der Waals surface area contributed by atoms with Crippen molar-refractivity contribution in [3.05, 3.63) is 0 Å². The second kappa shape index (κ2) is 20.2. The van der Waals surface area contributed by atoms with Crippen LogP contribution >= 0.6 is 0 Å². The first kappa shape index (κ1) is 24.0. The molecule has 0 amide bonds. The fourth-order valence-corrected chi connectivity index (χ4v) is 2.14. The van der Waals surface area contributed by atoms with Crippen LogP contribution < -0.4 is 5.32 Å². The average molecular weight is 291 g/mol. The summed E-state index contributed by atoms with van der Waals surface area (Å²) in [6.45, 7) is 6.01. The quantitative estimate of drug-likeness (QED) is 0.735. The lowest BCUT2D eigenvalue weighted by atomic mass is 9.95. The summed E-state index contributed by atoms with van der Waals surface area (Å²) in [4.78, 5) is 17.3. The van der Waals surface area contributed by atoms with E-state index in [0.717, 1.165) is 12.0 Å². The Morgan fingerprint density at radius 2 is 1.85 bits per heavy atom. The molecule has 0 saturated carbocycles. The maximum atomic E-state index is 8.95. The molecule has 1 aliphatic heterocycles. The Morgan fingerprint density at radius 1 is 1.35 bits per heavy atom. The Morgan fingerprint density at radius 3 is 2.15 bits per heavy atom. The minimum atomic E-state index is -0.250. The third kappa shape index (κ3) is 16.9. The number of nitrogens with one attached hydrogen (secondary N) is 1. The molecule has 0 aliphatic carbocycles. The second-order valence-electron chi connectivity index (χ2n) is 4.49. The average Bonchev–Trinajstić information content (AvgIpc) is 2.94. The van der Waals surface area contributed by atoms with Gasteiger partial charge >= 0.3 is 0 Å². The molecule has 1 aliphatic rings. The zero-order chi connectivity index (χ0) is 14.9. The maximum absolute atomic E-state index is 8.95. The minimum Gasteiger partial charge on any atom is -0.483 e. The Bertz CT molecular complexity index is 188. The summed E-state index contributed by atoms with van der Waals surface area (Å²) in [7, 11) is 1.31. The van der Waals surface area contributed by atoms with Crippen molar-refractivity contribution < 1.29 is 19.4 Å². The van der Waals surface area contributed by atoms with E-state index in [4.69, 9.17) is 14.7 Å². The van der Waals surface area contributed by atoms with Crippen LogP contribution in [0.15, 0.2) is 0 Å². The SMILES string of the molecule is C.CCC(CC)CCC1CCCN1.COC=O.O=CO. The third-order valence-corrected chi connectivity index (χ3v) is 3.34. The lowest BCUT2D eigenvalue weighted by molar-refractivity contribution is -0.126. The van der Waals surface area contributed by atoms with Crippen molar-refractivity contribution in [1.82, 2.24) is 5.32 Å². The van der Waals surface area contributed by atoms with E-state index < -0.39 is 0 Å². The first-order chi connectivity index (χ1) is 9.19. The summed E-state index contributed by atoms with van der Waals surface area (Å²) in [6.07, 6.45) is 8.39. The molecule has 1 unspecified atom stereocenters. The first-order valence-corrected chi connectivity index (χ1v) is 6.97. The lowest BCUT2D eigenvalue weighted by Gasteiger charge is -2.15. The monoisotopic (exact) mass is 291 g/mol. The van der Waals surface area contributed by atoms with Gasteiger partial charge in [-0.2, -0.15) is 0 Å². The van der Waals surface area contributed by atoms with Crippen LogP contribution in [-0.2, 0) is 14.3 Å². The minimum absolute atomic E-state index is 0. The number of hydrogen-bond acceptors (Lipinski definition) is 4. The molecule has 5 nitrogen and oxygen atoms in total. The summed E-state index contributed by atoms with van der Waals surface area (Å²) in [5.74, 6) is 0.979. The molecule has 0 aromatic heterocycles. The van der Waals surface area contributed by atoms with E-state index in [0.29, 0.717) is 6.47 Å². The van der Waals surface area contributed by atoms with Gasteiger partial charge in [0.15, 0.2) is 0 Å². The van der Waals surface area contributed by atoms with Crippen molar-refractivity contribution in [1.29, 1.82) is 0 Å². The van der Waals surface area contributed by atoms with Crippen LogP contribution in [0.4, 0.5) is 0 Å². The van der Waals surface area contributed by atoms with Crippen LogP contribution in [-0.4, -0.2) is 37.7 Å². The molecule has 0 aromatic rings. The van der Waals surface area contributed by atoms with Gasteiger partial charge in [-0.3, -0.25) is 9.59 Å². The summed E-state index contributed by atoms with van der Waals surface area (Å²) < 4.78 is 3.86. The molecule has 122 valence electrons. The highest BCUT2D eigenvalue weighted by Crippen LogP contribution is 2.19. The number of ether oxygens (including phenoxy) is 1. The fraction of sp³-hybridized carbons (Fsp3) is 0.867. The van der Waals surface area contributed by atoms with Gasteiger partial charge in [0.25, 0.3) is 12.9 Å². The third-order valence-electron chi connectivity index (χ3n) is 3.34. The van der Waals surface area contributed by atoms with Gasteiger partial charge in [0.1, 0.15) is 0 Å². The largest absolute Gasteiger partial charge is 0.483 e. The van der Waals surface area contributed by atoms with Crippen LogP contribution in [0.3, 0.4) is 0 Å². The number of carbonyl (C=O) groups excluding carboxylic acids is 1. The molecule has 1 fully saturated rings. The highest BCUT2D eigenvalue weighted by atomic mass is 16.5. The number of carboxylic acid groups (broad SMARTS) is 1. The Labute approximate surface area is 124 Å². The van der Waals surface area contributed by atoms with Crippen molar-refractivity contribution in [2.24, 2.45) is 5.92 Å². The van der Waals surface area contributed by atoms with Gasteiger partial charge in [0.2, 0.25) is 0 Å². The summed E-state index contributed by atoms with van der Waals surface area (Å²) >= 11 is 0. The van der Waals surface area contributed by atoms with Crippen molar-refractivity contribution in [2.45, 2.75) is 65.8 Å². The molecular formula is C15H33NO4. The molecule has 20 heavy (non-hydrogen) atoms. The van der Waals surface area contributed by atoms with Gasteiger partial charge in [-0.1, -0.05) is 34.1 Å². The van der Waals surface area contributed by atoms with Crippen molar-refractivity contribution in [2.75, 3.05) is 13.7 Å². The van der Waals surface area contributed by atoms with Gasteiger partial charge in [-0.25, -0.2) is 0 Å². The first-order valence-electron chi connectivity index (χ1n) is 6.97. The maximum Gasteiger partial charge on any atom is 0.292 e. The van der Waals surface area contributed by atoms with Crippen molar-refractivity contribution in [3.63, 3.8) is 0 Å². The second-order valence-corrected chi connectivity index (χ2v) is 4.49. The van der Waals surface area contributed by atoms with E-state index in [1.54, 1.807) is 0 Å². The van der Waals surface area contributed by atoms with E-state index in [9.17, 15) is 0 Å². The number of methoxy groups -OCH3 is 1. The van der Waals surface area contributed by atoms with Gasteiger partial charge in [-0.05, 0) is 38.1 Å². The van der Waals surface area contributed by atoms with Crippen molar-refractivity contribution in [3.8, 4) is 0 Å². The number of carbonyl (C=O) groups is 2. The Kier molecular flexibility index (Phi) is 24.2. The van der Waals surface area contributed by atoms with E-state index in [1.165, 1.54) is 52.2 Å². The highest BCUT2D eigenvalue weighted by Gasteiger charge is 2.14. The van der Waals surface area contributed by atoms with Crippen LogP contribution in [0.1, 0.15) is 59.8 Å². The molecule has 1 heterocycles. The molecule has 2 N–H and O–H groups in total. The topological polar surface area (TPSA) is 75.6 Å². The Hall–Kier alpha value is -1.10. The van der Waals surface area contributed by atoms with E-state index >= 15 is 0 Å². The van der Waals surface area contributed by atoms with E-state index in [-0.39, 0.29) is 13.9 Å². The molecule has 1 atom stereocenters. The molecular weight excluding hydrogens is 258 g/mol. The van der Waals surface area contributed by atoms with Crippen molar-refractivity contribution >= 4 is 12.9 Å². The molecule has 5 heteroatoms. The smallest absolute Gasteiger partial charge is 0.292 e. The standard InChI is InChI=1S/C11H23N.C2H4O2.CH2O2.CH4/c1-3-10(4-2)7-8-11-6-5-9-12-11;1-4-2-3;2-1-3;/h10-12H,3-9H2,1-2H3;2H,1H3;1H,(H,2,3);1H4. The predicted molar refractivity (Wildman–Crippen MR) is 82.8 cm³/mol. The molecule has 0 bridgehead atoms. The number of hydrogen-bond donors (Lipinski definition) is 2.